The summed E-state index contributed by atoms with van der Waals surface area (Å²) in [4.78, 5) is 26.0. The van der Waals surface area contributed by atoms with Crippen LogP contribution >= 0.6 is 23.1 Å². The molecule has 0 bridgehead atoms. The highest BCUT2D eigenvalue weighted by Gasteiger charge is 2.35. The summed E-state index contributed by atoms with van der Waals surface area (Å²) in [5.41, 5.74) is 0.625. The number of furan rings is 1. The minimum absolute atomic E-state index is 0.134. The molecule has 1 N–H and O–H groups in total. The molecule has 0 fully saturated rings. The van der Waals surface area contributed by atoms with Gasteiger partial charge < -0.3 is 4.42 Å². The molecule has 0 spiro atoms. The number of nitrogens with one attached hydrogen (secondary N) is 1. The molecule has 4 rings (SSSR count). The van der Waals surface area contributed by atoms with Gasteiger partial charge in [0, 0.05) is 13.0 Å². The predicted octanol–water partition coefficient (Wildman–Crippen LogP) is 3.50. The van der Waals surface area contributed by atoms with Crippen molar-refractivity contribution in [3.63, 3.8) is 0 Å². The van der Waals surface area contributed by atoms with Crippen molar-refractivity contribution in [2.45, 2.75) is 43.9 Å². The molecule has 29 heavy (non-hydrogen) atoms. The normalized spacial score (nSPS) is 16.4. The Morgan fingerprint density at radius 2 is 2.31 bits per heavy atom. The van der Waals surface area contributed by atoms with E-state index in [2.05, 4.69) is 22.2 Å². The maximum atomic E-state index is 13.0. The van der Waals surface area contributed by atoms with Crippen LogP contribution in [0.4, 0.5) is 0 Å². The number of nitrogens with zero attached hydrogens (tertiary/aromatic N) is 4. The molecule has 1 amide bonds. The first kappa shape index (κ1) is 19.7. The maximum Gasteiger partial charge on any atom is 0.343 e. The lowest BCUT2D eigenvalue weighted by Gasteiger charge is -2.19. The fourth-order valence-electron chi connectivity index (χ4n) is 3.15. The Balaban J connectivity index is 1.51. The third-order valence-corrected chi connectivity index (χ3v) is 6.51. The van der Waals surface area contributed by atoms with Crippen LogP contribution < -0.4 is 5.69 Å². The van der Waals surface area contributed by atoms with Crippen molar-refractivity contribution >= 4 is 34.7 Å². The first-order valence-corrected chi connectivity index (χ1v) is 11.3. The first-order chi connectivity index (χ1) is 14.2. The van der Waals surface area contributed by atoms with E-state index in [0.717, 1.165) is 23.4 Å². The van der Waals surface area contributed by atoms with Crippen molar-refractivity contribution < 1.29 is 9.21 Å². The molecule has 3 aromatic heterocycles. The van der Waals surface area contributed by atoms with E-state index >= 15 is 0 Å². The molecule has 4 heterocycles. The van der Waals surface area contributed by atoms with Crippen LogP contribution in [0.1, 0.15) is 42.9 Å². The molecule has 8 nitrogen and oxygen atoms in total. The number of aromatic nitrogens is 3. The number of unbranched alkanes of at least 4 members (excludes halogenated alkanes) is 1. The molecular formula is C19H21N5O3S2. The minimum Gasteiger partial charge on any atom is -0.467 e. The lowest BCUT2D eigenvalue weighted by atomic mass is 10.1. The SMILES string of the molecule is CCCCn1c(SCC(=O)N2N=C(c3cccs3)CC2c2ccco2)n[nH]c1=O. The van der Waals surface area contributed by atoms with Gasteiger partial charge in [-0.2, -0.15) is 5.10 Å². The molecule has 1 unspecified atom stereocenters. The zero-order valence-corrected chi connectivity index (χ0v) is 17.5. The third-order valence-electron chi connectivity index (χ3n) is 4.63. The summed E-state index contributed by atoms with van der Waals surface area (Å²) in [5.74, 6) is 0.688. The molecule has 0 aromatic carbocycles. The number of H-pyrrole nitrogens is 1. The molecule has 1 aliphatic heterocycles. The molecule has 0 saturated carbocycles. The Morgan fingerprint density at radius 1 is 1.41 bits per heavy atom. The van der Waals surface area contributed by atoms with Gasteiger partial charge in [-0.05, 0) is 30.0 Å². The van der Waals surface area contributed by atoms with E-state index in [9.17, 15) is 9.59 Å². The monoisotopic (exact) mass is 431 g/mol. The molecule has 152 valence electrons. The number of hydrogen-bond acceptors (Lipinski definition) is 7. The van der Waals surface area contributed by atoms with Crippen molar-refractivity contribution in [3.05, 3.63) is 57.0 Å². The molecule has 1 aliphatic rings. The van der Waals surface area contributed by atoms with Gasteiger partial charge in [-0.3, -0.25) is 9.36 Å². The Morgan fingerprint density at radius 3 is 3.03 bits per heavy atom. The smallest absolute Gasteiger partial charge is 0.343 e. The Bertz CT molecular complexity index is 1040. The standard InChI is InChI=1S/C19H21N5O3S2/c1-2-3-8-23-18(26)20-21-19(23)29-12-17(25)24-14(15-6-4-9-27-15)11-13(22-24)16-7-5-10-28-16/h4-7,9-10,14H,2-3,8,11-12H2,1H3,(H,20,26). The summed E-state index contributed by atoms with van der Waals surface area (Å²) in [5, 5.41) is 15.1. The zero-order chi connectivity index (χ0) is 20.2. The van der Waals surface area contributed by atoms with E-state index in [0.29, 0.717) is 23.9 Å². The number of thiophene rings is 1. The summed E-state index contributed by atoms with van der Waals surface area (Å²) >= 11 is 2.84. The number of amides is 1. The van der Waals surface area contributed by atoms with Gasteiger partial charge in [0.05, 0.1) is 22.6 Å². The van der Waals surface area contributed by atoms with Gasteiger partial charge in [0.25, 0.3) is 5.91 Å². The quantitative estimate of drug-likeness (QED) is 0.551. The Labute approximate surface area is 175 Å². The number of carbonyl (C=O) groups is 1. The molecule has 0 radical (unpaired) electrons. The number of rotatable bonds is 8. The van der Waals surface area contributed by atoms with E-state index in [1.54, 1.807) is 22.2 Å². The average Bonchev–Trinajstić information content (AvgIpc) is 3.51. The fourth-order valence-corrected chi connectivity index (χ4v) is 4.70. The predicted molar refractivity (Wildman–Crippen MR) is 112 cm³/mol. The zero-order valence-electron chi connectivity index (χ0n) is 15.9. The number of hydrogen-bond donors (Lipinski definition) is 1. The van der Waals surface area contributed by atoms with E-state index in [1.165, 1.54) is 16.8 Å². The molecule has 1 atom stereocenters. The number of thioether (sulfide) groups is 1. The van der Waals surface area contributed by atoms with Crippen LogP contribution in [0, 0.1) is 0 Å². The second-order valence-electron chi connectivity index (χ2n) is 6.60. The van der Waals surface area contributed by atoms with Crippen molar-refractivity contribution in [1.82, 2.24) is 19.8 Å². The van der Waals surface area contributed by atoms with Crippen LogP contribution in [0.2, 0.25) is 0 Å². The number of aromatic amines is 1. The van der Waals surface area contributed by atoms with Crippen molar-refractivity contribution in [1.29, 1.82) is 0 Å². The fraction of sp³-hybridized carbons (Fsp3) is 0.368. The molecule has 0 aliphatic carbocycles. The van der Waals surface area contributed by atoms with Crippen LogP contribution in [-0.4, -0.2) is 37.1 Å². The van der Waals surface area contributed by atoms with Crippen molar-refractivity contribution in [2.75, 3.05) is 5.75 Å². The van der Waals surface area contributed by atoms with Crippen molar-refractivity contribution in [3.8, 4) is 0 Å². The maximum absolute atomic E-state index is 13.0. The third kappa shape index (κ3) is 4.23. The van der Waals surface area contributed by atoms with Gasteiger partial charge in [-0.15, -0.1) is 16.4 Å². The van der Waals surface area contributed by atoms with Crippen molar-refractivity contribution in [2.24, 2.45) is 5.10 Å². The second-order valence-corrected chi connectivity index (χ2v) is 8.49. The number of carbonyl (C=O) groups excluding carboxylic acids is 1. The van der Waals surface area contributed by atoms with Crippen LogP contribution in [0.3, 0.4) is 0 Å². The summed E-state index contributed by atoms with van der Waals surface area (Å²) < 4.78 is 7.14. The van der Waals surface area contributed by atoms with E-state index in [-0.39, 0.29) is 23.4 Å². The van der Waals surface area contributed by atoms with E-state index in [1.807, 2.05) is 29.6 Å². The Kier molecular flexibility index (Phi) is 6.00. The summed E-state index contributed by atoms with van der Waals surface area (Å²) in [6.45, 7) is 2.65. The first-order valence-electron chi connectivity index (χ1n) is 9.42. The lowest BCUT2D eigenvalue weighted by Crippen LogP contribution is -2.28. The molecule has 0 saturated heterocycles. The summed E-state index contributed by atoms with van der Waals surface area (Å²) in [7, 11) is 0. The van der Waals surface area contributed by atoms with E-state index in [4.69, 9.17) is 4.42 Å². The Hall–Kier alpha value is -2.59. The van der Waals surface area contributed by atoms with Gasteiger partial charge in [0.2, 0.25) is 0 Å². The largest absolute Gasteiger partial charge is 0.467 e. The van der Waals surface area contributed by atoms with Crippen LogP contribution in [0.5, 0.6) is 0 Å². The summed E-state index contributed by atoms with van der Waals surface area (Å²) in [6, 6.07) is 7.38. The van der Waals surface area contributed by atoms with Gasteiger partial charge >= 0.3 is 5.69 Å². The lowest BCUT2D eigenvalue weighted by molar-refractivity contribution is -0.130. The van der Waals surface area contributed by atoms with Gasteiger partial charge in [0.15, 0.2) is 5.16 Å². The topological polar surface area (TPSA) is 96.5 Å². The van der Waals surface area contributed by atoms with Gasteiger partial charge in [0.1, 0.15) is 11.8 Å². The highest BCUT2D eigenvalue weighted by Crippen LogP contribution is 2.34. The highest BCUT2D eigenvalue weighted by molar-refractivity contribution is 7.99. The molecular weight excluding hydrogens is 410 g/mol. The van der Waals surface area contributed by atoms with Gasteiger partial charge in [-0.1, -0.05) is 31.2 Å². The van der Waals surface area contributed by atoms with Gasteiger partial charge in [-0.25, -0.2) is 14.9 Å². The minimum atomic E-state index is -0.267. The molecule has 3 aromatic rings. The number of hydrazone groups is 1. The average molecular weight is 432 g/mol. The highest BCUT2D eigenvalue weighted by atomic mass is 32.2. The van der Waals surface area contributed by atoms with Crippen LogP contribution in [0.25, 0.3) is 0 Å². The van der Waals surface area contributed by atoms with Crippen LogP contribution in [-0.2, 0) is 11.3 Å². The van der Waals surface area contributed by atoms with Crippen LogP contribution in [0.15, 0.2) is 55.4 Å². The summed E-state index contributed by atoms with van der Waals surface area (Å²) in [6.07, 6.45) is 4.06. The second kappa shape index (κ2) is 8.83. The van der Waals surface area contributed by atoms with E-state index < -0.39 is 0 Å². The molecule has 10 heteroatoms.